The third-order valence-electron chi connectivity index (χ3n) is 6.68. The molecule has 1 heterocycles. The van der Waals surface area contributed by atoms with Gasteiger partial charge in [-0.1, -0.05) is 80.9 Å². The second kappa shape index (κ2) is 11.0. The van der Waals surface area contributed by atoms with E-state index < -0.39 is 0 Å². The Kier molecular flexibility index (Phi) is 7.81. The van der Waals surface area contributed by atoms with E-state index in [0.29, 0.717) is 34.9 Å². The van der Waals surface area contributed by atoms with Gasteiger partial charge in [0, 0.05) is 12.6 Å². The molecule has 7 heteroatoms. The number of benzene rings is 2. The zero-order valence-corrected chi connectivity index (χ0v) is 20.0. The molecule has 3 atom stereocenters. The van der Waals surface area contributed by atoms with Crippen molar-refractivity contribution in [2.24, 2.45) is 11.8 Å². The summed E-state index contributed by atoms with van der Waals surface area (Å²) in [7, 11) is 0. The Balaban J connectivity index is 1.48. The lowest BCUT2D eigenvalue weighted by molar-refractivity contribution is -0.120. The Labute approximate surface area is 199 Å². The fourth-order valence-electron chi connectivity index (χ4n) is 4.49. The third-order valence-corrected chi connectivity index (χ3v) is 7.65. The summed E-state index contributed by atoms with van der Waals surface area (Å²) < 4.78 is 16.4. The zero-order chi connectivity index (χ0) is 23.2. The highest BCUT2D eigenvalue weighted by molar-refractivity contribution is 7.99. The fraction of sp³-hybridized carbons (Fsp3) is 0.423. The van der Waals surface area contributed by atoms with Crippen molar-refractivity contribution in [3.05, 3.63) is 66.0 Å². The number of hydrogen-bond donors (Lipinski definition) is 1. The lowest BCUT2D eigenvalue weighted by Gasteiger charge is -2.34. The van der Waals surface area contributed by atoms with Crippen molar-refractivity contribution >= 4 is 17.7 Å². The monoisotopic (exact) mass is 466 g/mol. The predicted molar refractivity (Wildman–Crippen MR) is 130 cm³/mol. The van der Waals surface area contributed by atoms with Crippen molar-refractivity contribution in [1.82, 2.24) is 20.1 Å². The first-order chi connectivity index (χ1) is 16.0. The summed E-state index contributed by atoms with van der Waals surface area (Å²) >= 11 is 1.36. The molecule has 174 valence electrons. The van der Waals surface area contributed by atoms with E-state index in [0.717, 1.165) is 19.3 Å². The molecule has 4 rings (SSSR count). The van der Waals surface area contributed by atoms with Crippen LogP contribution in [-0.2, 0) is 17.8 Å². The Morgan fingerprint density at radius 3 is 2.64 bits per heavy atom. The van der Waals surface area contributed by atoms with E-state index in [9.17, 15) is 9.18 Å². The van der Waals surface area contributed by atoms with Crippen molar-refractivity contribution in [2.45, 2.75) is 57.3 Å². The summed E-state index contributed by atoms with van der Waals surface area (Å²) in [6.07, 6.45) is 4.18. The summed E-state index contributed by atoms with van der Waals surface area (Å²) in [5, 5.41) is 12.5. The van der Waals surface area contributed by atoms with E-state index in [1.807, 2.05) is 22.8 Å². The maximum atomic E-state index is 14.5. The van der Waals surface area contributed by atoms with Gasteiger partial charge in [-0.05, 0) is 42.4 Å². The number of hydrogen-bond acceptors (Lipinski definition) is 4. The molecule has 0 spiro atoms. The molecule has 0 unspecified atom stereocenters. The van der Waals surface area contributed by atoms with Crippen molar-refractivity contribution in [3.63, 3.8) is 0 Å². The van der Waals surface area contributed by atoms with E-state index in [-0.39, 0.29) is 23.5 Å². The Hall–Kier alpha value is -2.67. The van der Waals surface area contributed by atoms with Gasteiger partial charge in [0.2, 0.25) is 5.91 Å². The summed E-state index contributed by atoms with van der Waals surface area (Å²) in [5.74, 6) is 1.53. The number of halogens is 1. The molecule has 1 aromatic heterocycles. The second-order valence-electron chi connectivity index (χ2n) is 8.90. The SMILES string of the molecule is C[C@@H]1[C@H](C)CCC[C@@H]1NC(=O)CSc1nnc(-c2ccccc2F)n1CCc1ccccc1. The first-order valence-electron chi connectivity index (χ1n) is 11.7. The van der Waals surface area contributed by atoms with E-state index in [4.69, 9.17) is 0 Å². The molecular weight excluding hydrogens is 435 g/mol. The van der Waals surface area contributed by atoms with Crippen LogP contribution in [0.5, 0.6) is 0 Å². The number of aryl methyl sites for hydroxylation is 1. The zero-order valence-electron chi connectivity index (χ0n) is 19.2. The minimum Gasteiger partial charge on any atom is -0.352 e. The highest BCUT2D eigenvalue weighted by Gasteiger charge is 2.28. The average Bonchev–Trinajstić information content (AvgIpc) is 3.23. The number of aromatic nitrogens is 3. The minimum atomic E-state index is -0.333. The molecule has 1 N–H and O–H groups in total. The fourth-order valence-corrected chi connectivity index (χ4v) is 5.26. The van der Waals surface area contributed by atoms with Gasteiger partial charge in [0.25, 0.3) is 0 Å². The molecule has 0 bridgehead atoms. The van der Waals surface area contributed by atoms with Gasteiger partial charge in [-0.25, -0.2) is 4.39 Å². The molecule has 1 amide bonds. The summed E-state index contributed by atoms with van der Waals surface area (Å²) in [4.78, 5) is 12.7. The Bertz CT molecular complexity index is 1070. The number of carbonyl (C=O) groups excluding carboxylic acids is 1. The van der Waals surface area contributed by atoms with Crippen LogP contribution < -0.4 is 5.32 Å². The topological polar surface area (TPSA) is 59.8 Å². The molecule has 1 saturated carbocycles. The van der Waals surface area contributed by atoms with Gasteiger partial charge >= 0.3 is 0 Å². The van der Waals surface area contributed by atoms with Crippen LogP contribution in [0, 0.1) is 17.7 Å². The quantitative estimate of drug-likeness (QED) is 0.454. The molecule has 0 radical (unpaired) electrons. The molecule has 1 fully saturated rings. The van der Waals surface area contributed by atoms with Gasteiger partial charge in [-0.15, -0.1) is 10.2 Å². The van der Waals surface area contributed by atoms with Gasteiger partial charge in [-0.3, -0.25) is 4.79 Å². The first-order valence-corrected chi connectivity index (χ1v) is 12.7. The van der Waals surface area contributed by atoms with Crippen LogP contribution in [0.25, 0.3) is 11.4 Å². The molecule has 1 aliphatic carbocycles. The Morgan fingerprint density at radius 1 is 1.09 bits per heavy atom. The van der Waals surface area contributed by atoms with Crippen LogP contribution in [0.15, 0.2) is 59.8 Å². The third kappa shape index (κ3) is 5.82. The number of carbonyl (C=O) groups is 1. The predicted octanol–water partition coefficient (Wildman–Crippen LogP) is 5.36. The molecule has 0 saturated heterocycles. The molecule has 3 aromatic rings. The molecule has 33 heavy (non-hydrogen) atoms. The highest BCUT2D eigenvalue weighted by Crippen LogP contribution is 2.30. The van der Waals surface area contributed by atoms with Crippen LogP contribution in [0.2, 0.25) is 0 Å². The largest absolute Gasteiger partial charge is 0.352 e. The number of amides is 1. The van der Waals surface area contributed by atoms with Crippen molar-refractivity contribution in [2.75, 3.05) is 5.75 Å². The van der Waals surface area contributed by atoms with E-state index >= 15 is 0 Å². The summed E-state index contributed by atoms with van der Waals surface area (Å²) in [6.45, 7) is 5.09. The summed E-state index contributed by atoms with van der Waals surface area (Å²) in [6, 6.07) is 17.0. The Morgan fingerprint density at radius 2 is 1.85 bits per heavy atom. The standard InChI is InChI=1S/C26H31FN4OS/c1-18-9-8-14-23(19(18)2)28-24(32)17-33-26-30-29-25(21-12-6-7-13-22(21)27)31(26)16-15-20-10-4-3-5-11-20/h3-7,10-13,18-19,23H,8-9,14-17H2,1-2H3,(H,28,32)/t18-,19-,23+/m1/s1. The van der Waals surface area contributed by atoms with Crippen LogP contribution in [0.3, 0.4) is 0 Å². The number of rotatable bonds is 8. The molecule has 5 nitrogen and oxygen atoms in total. The lowest BCUT2D eigenvalue weighted by atomic mass is 9.78. The summed E-state index contributed by atoms with van der Waals surface area (Å²) in [5.41, 5.74) is 1.60. The highest BCUT2D eigenvalue weighted by atomic mass is 32.2. The van der Waals surface area contributed by atoms with Crippen LogP contribution >= 0.6 is 11.8 Å². The van der Waals surface area contributed by atoms with E-state index in [2.05, 4.69) is 41.5 Å². The maximum absolute atomic E-state index is 14.5. The molecular formula is C26H31FN4OS. The molecule has 2 aromatic carbocycles. The first kappa shape index (κ1) is 23.5. The smallest absolute Gasteiger partial charge is 0.230 e. The second-order valence-corrected chi connectivity index (χ2v) is 9.85. The van der Waals surface area contributed by atoms with Crippen molar-refractivity contribution in [3.8, 4) is 11.4 Å². The number of nitrogens with zero attached hydrogens (tertiary/aromatic N) is 3. The normalized spacial score (nSPS) is 20.5. The maximum Gasteiger partial charge on any atom is 0.230 e. The van der Waals surface area contributed by atoms with Gasteiger partial charge in [0.05, 0.1) is 11.3 Å². The van der Waals surface area contributed by atoms with E-state index in [1.54, 1.807) is 18.2 Å². The lowest BCUT2D eigenvalue weighted by Crippen LogP contribution is -2.44. The number of thioether (sulfide) groups is 1. The molecule has 0 aliphatic heterocycles. The van der Waals surface area contributed by atoms with Gasteiger partial charge < -0.3 is 9.88 Å². The van der Waals surface area contributed by atoms with Gasteiger partial charge in [0.1, 0.15) is 5.82 Å². The van der Waals surface area contributed by atoms with Crippen LogP contribution in [-0.4, -0.2) is 32.5 Å². The van der Waals surface area contributed by atoms with Crippen molar-refractivity contribution in [1.29, 1.82) is 0 Å². The van der Waals surface area contributed by atoms with Gasteiger partial charge in [0.15, 0.2) is 11.0 Å². The average molecular weight is 467 g/mol. The minimum absolute atomic E-state index is 0.0102. The van der Waals surface area contributed by atoms with Gasteiger partial charge in [-0.2, -0.15) is 0 Å². The number of nitrogens with one attached hydrogen (secondary N) is 1. The van der Waals surface area contributed by atoms with E-state index in [1.165, 1.54) is 29.8 Å². The molecule has 1 aliphatic rings. The van der Waals surface area contributed by atoms with Crippen molar-refractivity contribution < 1.29 is 9.18 Å². The van der Waals surface area contributed by atoms with Crippen LogP contribution in [0.4, 0.5) is 4.39 Å². The van der Waals surface area contributed by atoms with Crippen LogP contribution in [0.1, 0.15) is 38.7 Å².